The molecule has 1 unspecified atom stereocenters. The van der Waals surface area contributed by atoms with Crippen molar-refractivity contribution in [2.75, 3.05) is 0 Å². The summed E-state index contributed by atoms with van der Waals surface area (Å²) in [5.74, 6) is -1.39. The maximum absolute atomic E-state index is 12.3. The minimum Gasteiger partial charge on any atom is -0.480 e. The smallest absolute Gasteiger partial charge is 0.329 e. The lowest BCUT2D eigenvalue weighted by molar-refractivity contribution is -0.143. The van der Waals surface area contributed by atoms with E-state index in [0.717, 1.165) is 11.1 Å². The molecular weight excluding hydrogens is 286 g/mol. The number of carbonyl (C=O) groups is 2. The van der Waals surface area contributed by atoms with Gasteiger partial charge < -0.3 is 10.4 Å². The normalized spacial score (nSPS) is 13.4. The Bertz CT molecular complexity index is 651. The van der Waals surface area contributed by atoms with Gasteiger partial charge in [0.15, 0.2) is 0 Å². The van der Waals surface area contributed by atoms with Gasteiger partial charge in [-0.05, 0) is 36.4 Å². The van der Waals surface area contributed by atoms with Crippen molar-refractivity contribution in [2.45, 2.75) is 25.8 Å². The largest absolute Gasteiger partial charge is 0.480 e. The first-order valence-electron chi connectivity index (χ1n) is 6.56. The van der Waals surface area contributed by atoms with Crippen LogP contribution in [0.4, 0.5) is 0 Å². The van der Waals surface area contributed by atoms with Gasteiger partial charge in [0, 0.05) is 6.42 Å². The molecule has 0 aliphatic carbocycles. The Labute approximate surface area is 127 Å². The average molecular weight is 303 g/mol. The highest BCUT2D eigenvalue weighted by Gasteiger charge is 2.35. The fraction of sp³-hybridized carbons (Fsp3) is 0.250. The molecule has 1 aromatic carbocycles. The molecule has 2 aromatic rings. The Kier molecular flexibility index (Phi) is 4.43. The van der Waals surface area contributed by atoms with Gasteiger partial charge in [0.05, 0.1) is 4.88 Å². The van der Waals surface area contributed by atoms with Crippen molar-refractivity contribution in [1.82, 2.24) is 5.32 Å². The number of aryl methyl sites for hydroxylation is 1. The summed E-state index contributed by atoms with van der Waals surface area (Å²) in [6.45, 7) is 3.36. The van der Waals surface area contributed by atoms with Crippen LogP contribution in [0.1, 0.15) is 27.7 Å². The lowest BCUT2D eigenvalue weighted by atomic mass is 9.92. The SMILES string of the molecule is Cc1ccsc1C(=O)NC(C)(Cc1ccccc1)C(=O)O. The molecule has 21 heavy (non-hydrogen) atoms. The maximum atomic E-state index is 12.3. The molecule has 0 fully saturated rings. The van der Waals surface area contributed by atoms with Crippen LogP contribution in [0.2, 0.25) is 0 Å². The molecule has 0 bridgehead atoms. The average Bonchev–Trinajstić information content (AvgIpc) is 2.86. The molecule has 2 N–H and O–H groups in total. The first-order valence-corrected chi connectivity index (χ1v) is 7.44. The van der Waals surface area contributed by atoms with Crippen molar-refractivity contribution >= 4 is 23.2 Å². The van der Waals surface area contributed by atoms with E-state index in [4.69, 9.17) is 0 Å². The zero-order valence-electron chi connectivity index (χ0n) is 11.9. The van der Waals surface area contributed by atoms with Crippen LogP contribution in [-0.2, 0) is 11.2 Å². The van der Waals surface area contributed by atoms with Gasteiger partial charge in [-0.15, -0.1) is 11.3 Å². The summed E-state index contributed by atoms with van der Waals surface area (Å²) in [5, 5.41) is 14.0. The van der Waals surface area contributed by atoms with E-state index in [2.05, 4.69) is 5.32 Å². The van der Waals surface area contributed by atoms with Gasteiger partial charge in [-0.3, -0.25) is 4.79 Å². The van der Waals surface area contributed by atoms with Crippen LogP contribution >= 0.6 is 11.3 Å². The minimum atomic E-state index is -1.34. The highest BCUT2D eigenvalue weighted by atomic mass is 32.1. The van der Waals surface area contributed by atoms with Crippen LogP contribution < -0.4 is 5.32 Å². The van der Waals surface area contributed by atoms with E-state index in [1.165, 1.54) is 18.3 Å². The minimum absolute atomic E-state index is 0.235. The molecule has 0 saturated carbocycles. The number of hydrogen-bond donors (Lipinski definition) is 2. The first-order chi connectivity index (χ1) is 9.92. The quantitative estimate of drug-likeness (QED) is 0.892. The van der Waals surface area contributed by atoms with Gasteiger partial charge in [0.25, 0.3) is 5.91 Å². The summed E-state index contributed by atoms with van der Waals surface area (Å²) in [4.78, 5) is 24.4. The van der Waals surface area contributed by atoms with E-state index in [1.807, 2.05) is 48.7 Å². The van der Waals surface area contributed by atoms with Crippen molar-refractivity contribution in [3.63, 3.8) is 0 Å². The fourth-order valence-electron chi connectivity index (χ4n) is 2.09. The van der Waals surface area contributed by atoms with E-state index >= 15 is 0 Å². The summed E-state index contributed by atoms with van der Waals surface area (Å²) in [6, 6.07) is 11.1. The number of benzene rings is 1. The third-order valence-electron chi connectivity index (χ3n) is 3.33. The predicted octanol–water partition coefficient (Wildman–Crippen LogP) is 2.87. The summed E-state index contributed by atoms with van der Waals surface area (Å²) in [7, 11) is 0. The number of carboxylic acid groups (broad SMARTS) is 1. The van der Waals surface area contributed by atoms with Crippen LogP contribution in [0.25, 0.3) is 0 Å². The molecule has 1 amide bonds. The third kappa shape index (κ3) is 3.49. The Hall–Kier alpha value is -2.14. The number of rotatable bonds is 5. The number of nitrogens with one attached hydrogen (secondary N) is 1. The molecule has 0 aliphatic heterocycles. The highest BCUT2D eigenvalue weighted by Crippen LogP contribution is 2.19. The Morgan fingerprint density at radius 3 is 2.43 bits per heavy atom. The Balaban J connectivity index is 2.21. The number of carbonyl (C=O) groups excluding carboxylic acids is 1. The van der Waals surface area contributed by atoms with Crippen LogP contribution in [-0.4, -0.2) is 22.5 Å². The molecule has 5 heteroatoms. The van der Waals surface area contributed by atoms with Crippen molar-refractivity contribution in [1.29, 1.82) is 0 Å². The molecule has 110 valence electrons. The van der Waals surface area contributed by atoms with E-state index in [0.29, 0.717) is 4.88 Å². The van der Waals surface area contributed by atoms with Gasteiger partial charge in [0.1, 0.15) is 5.54 Å². The highest BCUT2D eigenvalue weighted by molar-refractivity contribution is 7.12. The zero-order valence-corrected chi connectivity index (χ0v) is 12.7. The molecule has 0 aliphatic rings. The number of carboxylic acids is 1. The van der Waals surface area contributed by atoms with Crippen molar-refractivity contribution in [2.24, 2.45) is 0 Å². The van der Waals surface area contributed by atoms with E-state index < -0.39 is 11.5 Å². The van der Waals surface area contributed by atoms with Gasteiger partial charge >= 0.3 is 5.97 Å². The lowest BCUT2D eigenvalue weighted by Gasteiger charge is -2.26. The van der Waals surface area contributed by atoms with Crippen molar-refractivity contribution in [3.8, 4) is 0 Å². The molecule has 2 rings (SSSR count). The number of thiophene rings is 1. The summed E-state index contributed by atoms with van der Waals surface area (Å²) >= 11 is 1.31. The van der Waals surface area contributed by atoms with Gasteiger partial charge in [-0.2, -0.15) is 0 Å². The second-order valence-corrected chi connectivity index (χ2v) is 6.10. The molecule has 1 heterocycles. The monoisotopic (exact) mass is 303 g/mol. The molecule has 0 spiro atoms. The van der Waals surface area contributed by atoms with Crippen LogP contribution in [0.5, 0.6) is 0 Å². The van der Waals surface area contributed by atoms with Crippen LogP contribution in [0, 0.1) is 6.92 Å². The van der Waals surface area contributed by atoms with E-state index in [-0.39, 0.29) is 12.3 Å². The molecular formula is C16H17NO3S. The van der Waals surface area contributed by atoms with Gasteiger partial charge in [-0.1, -0.05) is 30.3 Å². The lowest BCUT2D eigenvalue weighted by Crippen LogP contribution is -2.53. The molecule has 1 atom stereocenters. The maximum Gasteiger partial charge on any atom is 0.329 e. The van der Waals surface area contributed by atoms with Gasteiger partial charge in [0.2, 0.25) is 0 Å². The van der Waals surface area contributed by atoms with Crippen molar-refractivity contribution in [3.05, 3.63) is 57.8 Å². The third-order valence-corrected chi connectivity index (χ3v) is 4.35. The van der Waals surface area contributed by atoms with E-state index in [1.54, 1.807) is 0 Å². The summed E-state index contributed by atoms with van der Waals surface area (Å²) in [6.07, 6.45) is 0.235. The van der Waals surface area contributed by atoms with Crippen molar-refractivity contribution < 1.29 is 14.7 Å². The van der Waals surface area contributed by atoms with Crippen LogP contribution in [0.3, 0.4) is 0 Å². The van der Waals surface area contributed by atoms with Gasteiger partial charge in [-0.25, -0.2) is 4.79 Å². The summed E-state index contributed by atoms with van der Waals surface area (Å²) in [5.41, 5.74) is 0.380. The standard InChI is InChI=1S/C16H17NO3S/c1-11-8-9-21-13(11)14(18)17-16(2,15(19)20)10-12-6-4-3-5-7-12/h3-9H,10H2,1-2H3,(H,17,18)(H,19,20). The molecule has 0 radical (unpaired) electrons. The molecule has 1 aromatic heterocycles. The number of hydrogen-bond acceptors (Lipinski definition) is 3. The number of aliphatic carboxylic acids is 1. The second-order valence-electron chi connectivity index (χ2n) is 5.19. The Morgan fingerprint density at radius 2 is 1.90 bits per heavy atom. The predicted molar refractivity (Wildman–Crippen MR) is 82.7 cm³/mol. The first kappa shape index (κ1) is 15.3. The molecule has 0 saturated heterocycles. The second kappa shape index (κ2) is 6.10. The van der Waals surface area contributed by atoms with E-state index in [9.17, 15) is 14.7 Å². The zero-order chi connectivity index (χ0) is 15.5. The molecule has 4 nitrogen and oxygen atoms in total. The fourth-order valence-corrected chi connectivity index (χ4v) is 2.91. The summed E-state index contributed by atoms with van der Waals surface area (Å²) < 4.78 is 0. The Morgan fingerprint density at radius 1 is 1.24 bits per heavy atom. The number of amides is 1. The van der Waals surface area contributed by atoms with Crippen LogP contribution in [0.15, 0.2) is 41.8 Å². The topological polar surface area (TPSA) is 66.4 Å².